The molecule has 2 aliphatic rings. The summed E-state index contributed by atoms with van der Waals surface area (Å²) in [5, 5.41) is 3.65. The second-order valence-corrected chi connectivity index (χ2v) is 5.50. The predicted molar refractivity (Wildman–Crippen MR) is 68.6 cm³/mol. The van der Waals surface area contributed by atoms with Gasteiger partial charge in [0.1, 0.15) is 0 Å². The number of nitrogens with one attached hydrogen (secondary N) is 1. The van der Waals surface area contributed by atoms with Gasteiger partial charge in [-0.2, -0.15) is 0 Å². The third-order valence-electron chi connectivity index (χ3n) is 4.62. The summed E-state index contributed by atoms with van der Waals surface area (Å²) >= 11 is 0. The van der Waals surface area contributed by atoms with Crippen molar-refractivity contribution < 1.29 is 0 Å². The van der Waals surface area contributed by atoms with Gasteiger partial charge in [0, 0.05) is 12.7 Å². The standard InChI is InChI=1S/C14H23N3/c1-3-15-14(12-8-17(4-2)9-16-12)13-10-6-5-7-11(10)13/h8-11,13-15H,3-7H2,1-2H3. The summed E-state index contributed by atoms with van der Waals surface area (Å²) in [6, 6.07) is 0.503. The summed E-state index contributed by atoms with van der Waals surface area (Å²) < 4.78 is 2.18. The van der Waals surface area contributed by atoms with Gasteiger partial charge in [-0.15, -0.1) is 0 Å². The maximum absolute atomic E-state index is 4.59. The first kappa shape index (κ1) is 11.3. The Morgan fingerprint density at radius 1 is 1.41 bits per heavy atom. The van der Waals surface area contributed by atoms with Crippen LogP contribution in [-0.2, 0) is 6.54 Å². The molecule has 1 heterocycles. The summed E-state index contributed by atoms with van der Waals surface area (Å²) in [4.78, 5) is 4.59. The number of fused-ring (bicyclic) bond motifs is 1. The topological polar surface area (TPSA) is 29.9 Å². The third kappa shape index (κ3) is 1.90. The van der Waals surface area contributed by atoms with E-state index in [1.54, 1.807) is 0 Å². The summed E-state index contributed by atoms with van der Waals surface area (Å²) in [5.41, 5.74) is 1.26. The normalized spacial score (nSPS) is 32.5. The van der Waals surface area contributed by atoms with Gasteiger partial charge in [-0.25, -0.2) is 4.98 Å². The molecular formula is C14H23N3. The van der Waals surface area contributed by atoms with Gasteiger partial charge in [0.15, 0.2) is 0 Å². The molecule has 17 heavy (non-hydrogen) atoms. The number of aryl methyl sites for hydroxylation is 1. The zero-order valence-electron chi connectivity index (χ0n) is 10.9. The number of hydrogen-bond donors (Lipinski definition) is 1. The first-order valence-electron chi connectivity index (χ1n) is 7.10. The van der Waals surface area contributed by atoms with Crippen molar-refractivity contribution in [1.29, 1.82) is 0 Å². The van der Waals surface area contributed by atoms with Gasteiger partial charge >= 0.3 is 0 Å². The van der Waals surface area contributed by atoms with Crippen LogP contribution in [0.25, 0.3) is 0 Å². The minimum atomic E-state index is 0.503. The van der Waals surface area contributed by atoms with E-state index < -0.39 is 0 Å². The van der Waals surface area contributed by atoms with E-state index in [0.29, 0.717) is 6.04 Å². The van der Waals surface area contributed by atoms with Crippen LogP contribution in [0.3, 0.4) is 0 Å². The summed E-state index contributed by atoms with van der Waals surface area (Å²) in [6.07, 6.45) is 8.55. The Kier molecular flexibility index (Phi) is 2.95. The quantitative estimate of drug-likeness (QED) is 0.847. The van der Waals surface area contributed by atoms with Crippen molar-refractivity contribution >= 4 is 0 Å². The minimum Gasteiger partial charge on any atom is -0.337 e. The zero-order chi connectivity index (χ0) is 11.8. The van der Waals surface area contributed by atoms with Crippen LogP contribution in [0, 0.1) is 17.8 Å². The molecule has 94 valence electrons. The van der Waals surface area contributed by atoms with Crippen LogP contribution >= 0.6 is 0 Å². The van der Waals surface area contributed by atoms with E-state index in [0.717, 1.165) is 30.8 Å². The lowest BCUT2D eigenvalue weighted by molar-refractivity contribution is 0.418. The van der Waals surface area contributed by atoms with E-state index in [9.17, 15) is 0 Å². The lowest BCUT2D eigenvalue weighted by Crippen LogP contribution is -2.24. The Labute approximate surface area is 104 Å². The molecule has 3 rings (SSSR count). The SMILES string of the molecule is CCNC(c1cn(CC)cn1)C1C2CCCC21. The van der Waals surface area contributed by atoms with E-state index in [2.05, 4.69) is 34.9 Å². The maximum Gasteiger partial charge on any atom is 0.0950 e. The molecule has 2 saturated carbocycles. The molecule has 0 radical (unpaired) electrons. The van der Waals surface area contributed by atoms with Crippen molar-refractivity contribution in [1.82, 2.24) is 14.9 Å². The molecule has 1 N–H and O–H groups in total. The van der Waals surface area contributed by atoms with Gasteiger partial charge in [-0.3, -0.25) is 0 Å². The molecule has 2 fully saturated rings. The maximum atomic E-state index is 4.59. The molecule has 0 saturated heterocycles. The Morgan fingerprint density at radius 3 is 2.76 bits per heavy atom. The molecule has 0 spiro atoms. The molecule has 3 atom stereocenters. The smallest absolute Gasteiger partial charge is 0.0950 e. The van der Waals surface area contributed by atoms with Gasteiger partial charge in [0.05, 0.1) is 18.1 Å². The first-order chi connectivity index (χ1) is 8.35. The van der Waals surface area contributed by atoms with Crippen molar-refractivity contribution in [2.75, 3.05) is 6.54 Å². The van der Waals surface area contributed by atoms with Crippen LogP contribution in [-0.4, -0.2) is 16.1 Å². The summed E-state index contributed by atoms with van der Waals surface area (Å²) in [7, 11) is 0. The highest BCUT2D eigenvalue weighted by atomic mass is 15.1. The molecule has 0 aliphatic heterocycles. The molecule has 2 aliphatic carbocycles. The highest BCUT2D eigenvalue weighted by Crippen LogP contribution is 2.61. The average molecular weight is 233 g/mol. The van der Waals surface area contributed by atoms with Gasteiger partial charge < -0.3 is 9.88 Å². The van der Waals surface area contributed by atoms with Crippen molar-refractivity contribution in [2.45, 2.75) is 45.7 Å². The monoisotopic (exact) mass is 233 g/mol. The Morgan fingerprint density at radius 2 is 2.18 bits per heavy atom. The van der Waals surface area contributed by atoms with E-state index in [4.69, 9.17) is 0 Å². The Balaban J connectivity index is 1.75. The fourth-order valence-electron chi connectivity index (χ4n) is 3.74. The molecule has 3 heteroatoms. The first-order valence-corrected chi connectivity index (χ1v) is 7.10. The molecular weight excluding hydrogens is 210 g/mol. The average Bonchev–Trinajstić information content (AvgIpc) is 2.79. The van der Waals surface area contributed by atoms with Crippen LogP contribution in [0.1, 0.15) is 44.8 Å². The number of aromatic nitrogens is 2. The highest BCUT2D eigenvalue weighted by molar-refractivity contribution is 5.15. The predicted octanol–water partition coefficient (Wildman–Crippen LogP) is 2.60. The van der Waals surface area contributed by atoms with Crippen LogP contribution in [0.4, 0.5) is 0 Å². The molecule has 1 aromatic rings. The van der Waals surface area contributed by atoms with Gasteiger partial charge in [0.2, 0.25) is 0 Å². The van der Waals surface area contributed by atoms with E-state index >= 15 is 0 Å². The fraction of sp³-hybridized carbons (Fsp3) is 0.786. The van der Waals surface area contributed by atoms with Crippen LogP contribution in [0.2, 0.25) is 0 Å². The fourth-order valence-corrected chi connectivity index (χ4v) is 3.74. The number of hydrogen-bond acceptors (Lipinski definition) is 2. The Hall–Kier alpha value is -0.830. The third-order valence-corrected chi connectivity index (χ3v) is 4.62. The number of imidazole rings is 1. The van der Waals surface area contributed by atoms with Crippen molar-refractivity contribution in [3.8, 4) is 0 Å². The number of rotatable bonds is 5. The second kappa shape index (κ2) is 4.45. The largest absolute Gasteiger partial charge is 0.337 e. The van der Waals surface area contributed by atoms with Crippen LogP contribution in [0.15, 0.2) is 12.5 Å². The molecule has 0 bridgehead atoms. The lowest BCUT2D eigenvalue weighted by Gasteiger charge is -2.17. The Bertz CT molecular complexity index is 375. The van der Waals surface area contributed by atoms with Crippen molar-refractivity contribution in [3.05, 3.63) is 18.2 Å². The van der Waals surface area contributed by atoms with Gasteiger partial charge in [-0.05, 0) is 44.1 Å². The molecule has 1 aromatic heterocycles. The van der Waals surface area contributed by atoms with Crippen molar-refractivity contribution in [2.24, 2.45) is 17.8 Å². The van der Waals surface area contributed by atoms with Crippen molar-refractivity contribution in [3.63, 3.8) is 0 Å². The van der Waals surface area contributed by atoms with E-state index in [1.807, 2.05) is 6.33 Å². The highest BCUT2D eigenvalue weighted by Gasteiger charge is 2.56. The van der Waals surface area contributed by atoms with E-state index in [-0.39, 0.29) is 0 Å². The lowest BCUT2D eigenvalue weighted by atomic mass is 10.0. The summed E-state index contributed by atoms with van der Waals surface area (Å²) in [5.74, 6) is 2.85. The summed E-state index contributed by atoms with van der Waals surface area (Å²) in [6.45, 7) is 6.42. The molecule has 0 aromatic carbocycles. The van der Waals surface area contributed by atoms with Crippen LogP contribution in [0.5, 0.6) is 0 Å². The second-order valence-electron chi connectivity index (χ2n) is 5.50. The minimum absolute atomic E-state index is 0.503. The van der Waals surface area contributed by atoms with Gasteiger partial charge in [0.25, 0.3) is 0 Å². The molecule has 0 amide bonds. The molecule has 3 unspecified atom stereocenters. The zero-order valence-corrected chi connectivity index (χ0v) is 10.9. The number of nitrogens with zero attached hydrogens (tertiary/aromatic N) is 2. The van der Waals surface area contributed by atoms with E-state index in [1.165, 1.54) is 25.0 Å². The van der Waals surface area contributed by atoms with Gasteiger partial charge in [-0.1, -0.05) is 13.3 Å². The molecule has 3 nitrogen and oxygen atoms in total. The van der Waals surface area contributed by atoms with Crippen LogP contribution < -0.4 is 5.32 Å².